The summed E-state index contributed by atoms with van der Waals surface area (Å²) in [6.45, 7) is 2.33. The molecular formula is C32H32F6O8. The van der Waals surface area contributed by atoms with Crippen molar-refractivity contribution in [1.29, 1.82) is 0 Å². The first-order valence-corrected chi connectivity index (χ1v) is 13.7. The second-order valence-electron chi connectivity index (χ2n) is 10.8. The number of carboxylic acids is 1. The van der Waals surface area contributed by atoms with Crippen LogP contribution in [0.3, 0.4) is 0 Å². The molecule has 0 unspecified atom stereocenters. The molecule has 46 heavy (non-hydrogen) atoms. The van der Waals surface area contributed by atoms with Crippen LogP contribution in [0.15, 0.2) is 84.0 Å². The Hall–Kier alpha value is -4.17. The average Bonchev–Trinajstić information content (AvgIpc) is 3.34. The van der Waals surface area contributed by atoms with Crippen LogP contribution in [0.2, 0.25) is 0 Å². The summed E-state index contributed by atoms with van der Waals surface area (Å²) in [6.07, 6.45) is -11.0. The number of carbonyl (C=O) groups is 3. The van der Waals surface area contributed by atoms with Crippen molar-refractivity contribution in [2.24, 2.45) is 5.41 Å². The van der Waals surface area contributed by atoms with Crippen LogP contribution in [0.4, 0.5) is 26.3 Å². The molecule has 0 heterocycles. The predicted octanol–water partition coefficient (Wildman–Crippen LogP) is 6.41. The van der Waals surface area contributed by atoms with E-state index in [1.807, 2.05) is 0 Å². The monoisotopic (exact) mass is 658 g/mol. The third kappa shape index (κ3) is 6.54. The van der Waals surface area contributed by atoms with Crippen molar-refractivity contribution in [3.05, 3.63) is 95.1 Å². The van der Waals surface area contributed by atoms with Crippen molar-refractivity contribution in [2.45, 2.75) is 56.3 Å². The Labute approximate surface area is 260 Å². The lowest BCUT2D eigenvalue weighted by Gasteiger charge is -2.36. The summed E-state index contributed by atoms with van der Waals surface area (Å²) in [5.74, 6) is -5.45. The zero-order valence-electron chi connectivity index (χ0n) is 25.2. The van der Waals surface area contributed by atoms with Gasteiger partial charge in [0.25, 0.3) is 11.2 Å². The van der Waals surface area contributed by atoms with Gasteiger partial charge in [0.05, 0.1) is 0 Å². The standard InChI is InChI=1S/C32H32F6O8/c1-20(2)15-16-28(25(39)40)18-21(19-45-26(41)29(43-3,31(33,34)35)22-11-7-5-8-12-22)17-24(28)46-27(42)30(44-4,32(36,37)38)23-13-9-6-10-14-23/h5-15,18,24H,16-17,19H2,1-4H3,(H,39,40)/t24-,28-,29-,30-/m1/s1. The van der Waals surface area contributed by atoms with Gasteiger partial charge in [0.15, 0.2) is 0 Å². The lowest BCUT2D eigenvalue weighted by molar-refractivity contribution is -0.279. The largest absolute Gasteiger partial charge is 0.480 e. The van der Waals surface area contributed by atoms with E-state index in [0.717, 1.165) is 30.3 Å². The van der Waals surface area contributed by atoms with Gasteiger partial charge in [-0.25, -0.2) is 9.59 Å². The summed E-state index contributed by atoms with van der Waals surface area (Å²) in [6, 6.07) is 11.8. The van der Waals surface area contributed by atoms with Crippen LogP contribution in [0, 0.1) is 5.41 Å². The molecule has 250 valence electrons. The molecule has 0 spiro atoms. The first-order valence-electron chi connectivity index (χ1n) is 13.7. The summed E-state index contributed by atoms with van der Waals surface area (Å²) in [5, 5.41) is 10.3. The molecule has 1 aliphatic rings. The molecule has 3 rings (SSSR count). The average molecular weight is 659 g/mol. The molecule has 1 N–H and O–H groups in total. The topological polar surface area (TPSA) is 108 Å². The second-order valence-corrected chi connectivity index (χ2v) is 10.8. The van der Waals surface area contributed by atoms with E-state index >= 15 is 0 Å². The SMILES string of the molecule is CO[C@@](C(=O)OCC1=C[C@@](CC=C(C)C)(C(=O)O)[C@H](OC(=O)[C@](OC)(c2ccccc2)C(F)(F)F)C1)(c1ccccc1)C(F)(F)F. The number of benzene rings is 2. The number of aliphatic carboxylic acids is 1. The van der Waals surface area contributed by atoms with E-state index in [9.17, 15) is 45.8 Å². The molecule has 4 atom stereocenters. The van der Waals surface area contributed by atoms with E-state index in [1.54, 1.807) is 13.8 Å². The van der Waals surface area contributed by atoms with Crippen LogP contribution < -0.4 is 0 Å². The van der Waals surface area contributed by atoms with E-state index in [2.05, 4.69) is 0 Å². The fourth-order valence-electron chi connectivity index (χ4n) is 5.28. The molecule has 0 aliphatic heterocycles. The van der Waals surface area contributed by atoms with Gasteiger partial charge in [-0.05, 0) is 25.8 Å². The van der Waals surface area contributed by atoms with Crippen LogP contribution in [0.5, 0.6) is 0 Å². The van der Waals surface area contributed by atoms with Crippen LogP contribution in [0.25, 0.3) is 0 Å². The fraction of sp³-hybridized carbons (Fsp3) is 0.406. The number of carboxylic acid groups (broad SMARTS) is 1. The molecule has 0 saturated heterocycles. The molecule has 2 aromatic carbocycles. The Balaban J connectivity index is 2.02. The number of halogens is 6. The van der Waals surface area contributed by atoms with Gasteiger partial charge in [-0.1, -0.05) is 78.4 Å². The smallest absolute Gasteiger partial charge is 0.432 e. The number of alkyl halides is 6. The third-order valence-corrected chi connectivity index (χ3v) is 7.71. The second kappa shape index (κ2) is 13.7. The lowest BCUT2D eigenvalue weighted by atomic mass is 9.80. The first kappa shape index (κ1) is 36.3. The summed E-state index contributed by atoms with van der Waals surface area (Å²) < 4.78 is 106. The first-order chi connectivity index (χ1) is 21.4. The number of hydrogen-bond donors (Lipinski definition) is 1. The fourth-order valence-corrected chi connectivity index (χ4v) is 5.28. The highest BCUT2D eigenvalue weighted by Gasteiger charge is 2.66. The van der Waals surface area contributed by atoms with Crippen molar-refractivity contribution < 1.29 is 64.8 Å². The minimum atomic E-state index is -5.37. The summed E-state index contributed by atoms with van der Waals surface area (Å²) in [7, 11) is 1.30. The minimum Gasteiger partial charge on any atom is -0.480 e. The van der Waals surface area contributed by atoms with Crippen molar-refractivity contribution in [1.82, 2.24) is 0 Å². The quantitative estimate of drug-likeness (QED) is 0.159. The maximum Gasteiger partial charge on any atom is 0.432 e. The molecular weight excluding hydrogens is 626 g/mol. The molecule has 1 aliphatic carbocycles. The van der Waals surface area contributed by atoms with Gasteiger partial charge >= 0.3 is 30.3 Å². The maximum absolute atomic E-state index is 14.5. The number of esters is 2. The highest BCUT2D eigenvalue weighted by Crippen LogP contribution is 2.48. The lowest BCUT2D eigenvalue weighted by Crippen LogP contribution is -2.54. The molecule has 0 radical (unpaired) electrons. The predicted molar refractivity (Wildman–Crippen MR) is 150 cm³/mol. The van der Waals surface area contributed by atoms with Gasteiger partial charge in [-0.15, -0.1) is 0 Å². The van der Waals surface area contributed by atoms with E-state index in [4.69, 9.17) is 18.9 Å². The van der Waals surface area contributed by atoms with Crippen LogP contribution in [-0.4, -0.2) is 62.3 Å². The van der Waals surface area contributed by atoms with Gasteiger partial charge in [0, 0.05) is 31.8 Å². The molecule has 8 nitrogen and oxygen atoms in total. The highest BCUT2D eigenvalue weighted by atomic mass is 19.4. The van der Waals surface area contributed by atoms with E-state index in [-0.39, 0.29) is 12.0 Å². The molecule has 0 aromatic heterocycles. The van der Waals surface area contributed by atoms with Crippen molar-refractivity contribution in [3.8, 4) is 0 Å². The van der Waals surface area contributed by atoms with E-state index in [0.29, 0.717) is 19.8 Å². The normalized spacial score (nSPS) is 20.9. The number of carbonyl (C=O) groups excluding carboxylic acids is 2. The summed E-state index contributed by atoms with van der Waals surface area (Å²) in [5.41, 5.74) is -10.1. The Bertz CT molecular complexity index is 1470. The Morgan fingerprint density at radius 3 is 1.67 bits per heavy atom. The van der Waals surface area contributed by atoms with Crippen LogP contribution in [0.1, 0.15) is 37.8 Å². The number of ether oxygens (including phenoxy) is 4. The molecule has 0 bridgehead atoms. The van der Waals surface area contributed by atoms with Gasteiger partial charge in [0.2, 0.25) is 0 Å². The number of hydrogen-bond acceptors (Lipinski definition) is 7. The molecule has 0 fully saturated rings. The van der Waals surface area contributed by atoms with E-state index < -0.39 is 77.1 Å². The van der Waals surface area contributed by atoms with Crippen LogP contribution in [-0.2, 0) is 44.5 Å². The van der Waals surface area contributed by atoms with Gasteiger partial charge in [0.1, 0.15) is 18.1 Å². The van der Waals surface area contributed by atoms with Crippen molar-refractivity contribution in [2.75, 3.05) is 20.8 Å². The molecule has 14 heteroatoms. The Morgan fingerprint density at radius 1 is 0.826 bits per heavy atom. The summed E-state index contributed by atoms with van der Waals surface area (Å²) >= 11 is 0. The number of rotatable bonds is 12. The molecule has 0 amide bonds. The Kier molecular flexibility index (Phi) is 10.8. The molecule has 2 aromatic rings. The Morgan fingerprint density at radius 2 is 1.28 bits per heavy atom. The molecule has 0 saturated carbocycles. The zero-order valence-corrected chi connectivity index (χ0v) is 25.2. The van der Waals surface area contributed by atoms with Crippen molar-refractivity contribution in [3.63, 3.8) is 0 Å². The van der Waals surface area contributed by atoms with Gasteiger partial charge in [-0.3, -0.25) is 4.79 Å². The number of allylic oxidation sites excluding steroid dienone is 2. The summed E-state index contributed by atoms with van der Waals surface area (Å²) in [4.78, 5) is 39.2. The minimum absolute atomic E-state index is 0.120. The highest BCUT2D eigenvalue weighted by molar-refractivity contribution is 5.85. The third-order valence-electron chi connectivity index (χ3n) is 7.71. The van der Waals surface area contributed by atoms with Crippen LogP contribution >= 0.6 is 0 Å². The maximum atomic E-state index is 14.5. The van der Waals surface area contributed by atoms with E-state index in [1.165, 1.54) is 42.5 Å². The van der Waals surface area contributed by atoms with Gasteiger partial charge < -0.3 is 24.1 Å². The zero-order chi connectivity index (χ0) is 34.6. The number of methoxy groups -OCH3 is 2. The van der Waals surface area contributed by atoms with Crippen molar-refractivity contribution >= 4 is 17.9 Å². The van der Waals surface area contributed by atoms with Gasteiger partial charge in [-0.2, -0.15) is 26.3 Å².